The Hall–Kier alpha value is -1.70. The summed E-state index contributed by atoms with van der Waals surface area (Å²) in [7, 11) is 0. The molecule has 0 spiro atoms. The molecule has 1 heterocycles. The van der Waals surface area contributed by atoms with Crippen LogP contribution in [0.15, 0.2) is 18.9 Å². The predicted octanol–water partition coefficient (Wildman–Crippen LogP) is 4.02. The molecule has 0 radical (unpaired) electrons. The first-order chi connectivity index (χ1) is 11.2. The summed E-state index contributed by atoms with van der Waals surface area (Å²) in [6.45, 7) is 3.48. The van der Waals surface area contributed by atoms with Crippen LogP contribution in [0.2, 0.25) is 0 Å². The van der Waals surface area contributed by atoms with Crippen LogP contribution >= 0.6 is 0 Å². The van der Waals surface area contributed by atoms with Crippen LogP contribution in [0.4, 0.5) is 22.0 Å². The zero-order valence-corrected chi connectivity index (χ0v) is 12.6. The van der Waals surface area contributed by atoms with Gasteiger partial charge in [-0.05, 0) is 6.42 Å². The van der Waals surface area contributed by atoms with Crippen molar-refractivity contribution < 1.29 is 31.8 Å². The van der Waals surface area contributed by atoms with Crippen molar-refractivity contribution in [2.75, 3.05) is 0 Å². The molecule has 3 rings (SSSR count). The summed E-state index contributed by atoms with van der Waals surface area (Å²) in [4.78, 5) is 3.34. The Bertz CT molecular complexity index is 642. The lowest BCUT2D eigenvalue weighted by Gasteiger charge is -2.31. The van der Waals surface area contributed by atoms with Gasteiger partial charge in [-0.2, -0.15) is 13.2 Å². The molecule has 3 nitrogen and oxygen atoms in total. The van der Waals surface area contributed by atoms with E-state index in [1.807, 2.05) is 0 Å². The molecular weight excluding hydrogens is 333 g/mol. The van der Waals surface area contributed by atoms with Gasteiger partial charge in [-0.3, -0.25) is 0 Å². The van der Waals surface area contributed by atoms with Gasteiger partial charge in [-0.1, -0.05) is 6.08 Å². The van der Waals surface area contributed by atoms with E-state index in [0.717, 1.165) is 6.20 Å². The van der Waals surface area contributed by atoms with Crippen molar-refractivity contribution in [3.63, 3.8) is 0 Å². The molecule has 0 unspecified atom stereocenters. The fourth-order valence-corrected chi connectivity index (χ4v) is 3.27. The summed E-state index contributed by atoms with van der Waals surface area (Å²) >= 11 is 0. The van der Waals surface area contributed by atoms with Crippen molar-refractivity contribution in [2.24, 2.45) is 0 Å². The van der Waals surface area contributed by atoms with Crippen LogP contribution in [0.3, 0.4) is 0 Å². The third kappa shape index (κ3) is 2.76. The summed E-state index contributed by atoms with van der Waals surface area (Å²) in [5, 5.41) is 10.00. The minimum Gasteiger partial charge on any atom is -0.488 e. The highest BCUT2D eigenvalue weighted by molar-refractivity contribution is 5.51. The second-order valence-electron chi connectivity index (χ2n) is 6.12. The van der Waals surface area contributed by atoms with Gasteiger partial charge in [0.2, 0.25) is 0 Å². The quantitative estimate of drug-likeness (QED) is 0.659. The van der Waals surface area contributed by atoms with Crippen LogP contribution in [0.25, 0.3) is 0 Å². The number of nitrogens with zero attached hydrogens (tertiary/aromatic N) is 1. The Morgan fingerprint density at radius 3 is 2.50 bits per heavy atom. The Kier molecular flexibility index (Phi) is 4.27. The van der Waals surface area contributed by atoms with E-state index in [1.165, 1.54) is 6.08 Å². The van der Waals surface area contributed by atoms with Crippen molar-refractivity contribution in [2.45, 2.75) is 55.9 Å². The second kappa shape index (κ2) is 5.98. The van der Waals surface area contributed by atoms with Crippen molar-refractivity contribution in [1.82, 2.24) is 4.98 Å². The fraction of sp³-hybridized carbons (Fsp3) is 0.562. The number of ether oxygens (including phenoxy) is 1. The van der Waals surface area contributed by atoms with Crippen LogP contribution < -0.4 is 4.74 Å². The van der Waals surface area contributed by atoms with Crippen molar-refractivity contribution in [1.29, 1.82) is 0 Å². The van der Waals surface area contributed by atoms with Crippen LogP contribution in [-0.2, 0) is 6.18 Å². The monoisotopic (exact) mass is 349 g/mol. The molecule has 1 aromatic heterocycles. The number of aromatic nitrogens is 1. The number of hydrogen-bond donors (Lipinski definition) is 1. The Morgan fingerprint density at radius 1 is 1.29 bits per heavy atom. The summed E-state index contributed by atoms with van der Waals surface area (Å²) in [5.41, 5.74) is -1.95. The lowest BCUT2D eigenvalue weighted by molar-refractivity contribution is -0.143. The third-order valence-corrected chi connectivity index (χ3v) is 4.49. The smallest absolute Gasteiger partial charge is 0.433 e. The Balaban J connectivity index is 2.07. The molecular formula is C16H16F5NO2. The maximum Gasteiger partial charge on any atom is 0.433 e. The number of aliphatic hydroxyl groups excluding tert-OH is 1. The molecule has 1 N–H and O–H groups in total. The molecule has 1 fully saturated rings. The van der Waals surface area contributed by atoms with Crippen molar-refractivity contribution in [3.05, 3.63) is 35.7 Å². The van der Waals surface area contributed by atoms with Crippen LogP contribution in [0.1, 0.15) is 48.1 Å². The number of rotatable bonds is 4. The molecule has 0 saturated heterocycles. The largest absolute Gasteiger partial charge is 0.488 e. The number of hydrogen-bond acceptors (Lipinski definition) is 3. The van der Waals surface area contributed by atoms with Crippen LogP contribution in [-0.4, -0.2) is 28.5 Å². The second-order valence-corrected chi connectivity index (χ2v) is 6.12. The maximum absolute atomic E-state index is 14.4. The van der Waals surface area contributed by atoms with E-state index in [-0.39, 0.29) is 30.6 Å². The van der Waals surface area contributed by atoms with E-state index in [2.05, 4.69) is 11.6 Å². The van der Waals surface area contributed by atoms with Crippen molar-refractivity contribution in [3.8, 4) is 5.75 Å². The van der Waals surface area contributed by atoms with E-state index in [9.17, 15) is 27.1 Å². The Labute approximate surface area is 135 Å². The average molecular weight is 349 g/mol. The highest BCUT2D eigenvalue weighted by atomic mass is 19.4. The predicted molar refractivity (Wildman–Crippen MR) is 75.2 cm³/mol. The van der Waals surface area contributed by atoms with Gasteiger partial charge in [0, 0.05) is 29.9 Å². The number of allylic oxidation sites excluding steroid dienone is 1. The van der Waals surface area contributed by atoms with Gasteiger partial charge >= 0.3 is 6.18 Å². The van der Waals surface area contributed by atoms with Gasteiger partial charge in [0.15, 0.2) is 5.69 Å². The van der Waals surface area contributed by atoms with Crippen LogP contribution in [0.5, 0.6) is 5.75 Å². The maximum atomic E-state index is 14.4. The molecule has 0 bridgehead atoms. The molecule has 2 aliphatic carbocycles. The zero-order chi connectivity index (χ0) is 17.6. The molecule has 1 aromatic rings. The van der Waals surface area contributed by atoms with Gasteiger partial charge in [0.25, 0.3) is 0 Å². The molecule has 3 atom stereocenters. The molecule has 1 saturated carbocycles. The van der Waals surface area contributed by atoms with Gasteiger partial charge < -0.3 is 9.84 Å². The average Bonchev–Trinajstić information content (AvgIpc) is 2.71. The minimum atomic E-state index is -4.83. The van der Waals surface area contributed by atoms with Crippen molar-refractivity contribution >= 4 is 0 Å². The SMILES string of the molecule is C=CC[C@@H]1c2c(OC3CC(F)C3)cnc(C(F)(F)F)c2[C@H](O)[C@@H]1F. The first kappa shape index (κ1) is 17.1. The van der Waals surface area contributed by atoms with E-state index in [0.29, 0.717) is 0 Å². The van der Waals surface area contributed by atoms with E-state index >= 15 is 0 Å². The lowest BCUT2D eigenvalue weighted by Crippen LogP contribution is -2.35. The van der Waals surface area contributed by atoms with Gasteiger partial charge in [0.1, 0.15) is 30.3 Å². The molecule has 24 heavy (non-hydrogen) atoms. The van der Waals surface area contributed by atoms with Gasteiger partial charge in [0.05, 0.1) is 6.20 Å². The fourth-order valence-electron chi connectivity index (χ4n) is 3.27. The molecule has 0 aromatic carbocycles. The molecule has 132 valence electrons. The first-order valence-electron chi connectivity index (χ1n) is 7.57. The zero-order valence-electron chi connectivity index (χ0n) is 12.6. The highest BCUT2D eigenvalue weighted by Gasteiger charge is 2.49. The van der Waals surface area contributed by atoms with E-state index < -0.39 is 47.9 Å². The standard InChI is InChI=1S/C16H16F5NO2/c1-2-3-9-11-10(24-8-4-7(17)5-8)6-22-15(16(19,20)21)12(11)14(23)13(9)18/h2,6-9,13-14,23H,1,3-5H2/t7?,8?,9-,13-,14+/m1/s1. The summed E-state index contributed by atoms with van der Waals surface area (Å²) in [6, 6.07) is 0. The number of pyridine rings is 1. The molecule has 0 amide bonds. The summed E-state index contributed by atoms with van der Waals surface area (Å²) in [5.74, 6) is -1.03. The number of aliphatic hydroxyl groups is 1. The molecule has 8 heteroatoms. The minimum absolute atomic E-state index is 0.0269. The highest BCUT2D eigenvalue weighted by Crippen LogP contribution is 2.52. The lowest BCUT2D eigenvalue weighted by atomic mass is 9.92. The summed E-state index contributed by atoms with van der Waals surface area (Å²) in [6.07, 6.45) is -7.62. The number of alkyl halides is 5. The molecule has 0 aliphatic heterocycles. The van der Waals surface area contributed by atoms with E-state index in [1.54, 1.807) is 0 Å². The topological polar surface area (TPSA) is 42.4 Å². The van der Waals surface area contributed by atoms with E-state index in [4.69, 9.17) is 4.74 Å². The van der Waals surface area contributed by atoms with Gasteiger partial charge in [-0.15, -0.1) is 6.58 Å². The number of fused-ring (bicyclic) bond motifs is 1. The third-order valence-electron chi connectivity index (χ3n) is 4.49. The van der Waals surface area contributed by atoms with Gasteiger partial charge in [-0.25, -0.2) is 13.8 Å². The summed E-state index contributed by atoms with van der Waals surface area (Å²) < 4.78 is 72.4. The molecule has 2 aliphatic rings. The Morgan fingerprint density at radius 2 is 1.96 bits per heavy atom. The first-order valence-corrected chi connectivity index (χ1v) is 7.57. The van der Waals surface area contributed by atoms with Crippen LogP contribution in [0, 0.1) is 0 Å². The number of halogens is 5. The normalized spacial score (nSPS) is 32.2.